The molecule has 2 nitrogen and oxygen atoms in total. The van der Waals surface area contributed by atoms with Crippen LogP contribution in [0.2, 0.25) is 10.0 Å². The summed E-state index contributed by atoms with van der Waals surface area (Å²) in [4.78, 5) is 0. The summed E-state index contributed by atoms with van der Waals surface area (Å²) in [5.41, 5.74) is 1.48. The maximum absolute atomic E-state index is 11.2. The Balaban J connectivity index is 1.98. The van der Waals surface area contributed by atoms with Gasteiger partial charge in [0.2, 0.25) is 0 Å². The third kappa shape index (κ3) is 3.21. The van der Waals surface area contributed by atoms with E-state index >= 15 is 0 Å². The minimum Gasteiger partial charge on any atom is -0.389 e. The average molecular weight is 364 g/mol. The second kappa shape index (κ2) is 6.68. The molecule has 0 saturated carbocycles. The number of piperidine rings is 1. The van der Waals surface area contributed by atoms with Crippen LogP contribution < -0.4 is 5.32 Å². The molecule has 0 amide bonds. The van der Waals surface area contributed by atoms with Gasteiger partial charge in [0, 0.05) is 34.0 Å². The number of hydrogen-bond acceptors (Lipinski definition) is 2. The van der Waals surface area contributed by atoms with E-state index in [2.05, 4.69) is 19.2 Å². The molecule has 0 aliphatic carbocycles. The molecule has 1 unspecified atom stereocenters. The molecule has 1 aliphatic rings. The summed E-state index contributed by atoms with van der Waals surface area (Å²) in [6.45, 7) is 6.14. The highest BCUT2D eigenvalue weighted by Gasteiger charge is 2.48. The molecule has 128 valence electrons. The van der Waals surface area contributed by atoms with Gasteiger partial charge in [-0.25, -0.2) is 0 Å². The molecule has 0 spiro atoms. The molecule has 24 heavy (non-hydrogen) atoms. The summed E-state index contributed by atoms with van der Waals surface area (Å²) in [5, 5.41) is 16.4. The molecule has 1 heterocycles. The normalized spacial score (nSPS) is 33.4. The summed E-state index contributed by atoms with van der Waals surface area (Å²) in [7, 11) is 0. The number of hydrogen-bond donors (Lipinski definition) is 2. The van der Waals surface area contributed by atoms with Gasteiger partial charge in [0.15, 0.2) is 0 Å². The topological polar surface area (TPSA) is 32.3 Å². The molecule has 1 fully saturated rings. The van der Waals surface area contributed by atoms with Gasteiger partial charge >= 0.3 is 0 Å². The first-order valence-electron chi connectivity index (χ1n) is 8.30. The van der Waals surface area contributed by atoms with E-state index < -0.39 is 5.60 Å². The van der Waals surface area contributed by atoms with Crippen molar-refractivity contribution < 1.29 is 5.11 Å². The van der Waals surface area contributed by atoms with Gasteiger partial charge in [0.1, 0.15) is 0 Å². The summed E-state index contributed by atoms with van der Waals surface area (Å²) < 4.78 is 0. The molecule has 0 bridgehead atoms. The maximum Gasteiger partial charge on any atom is 0.0706 e. The van der Waals surface area contributed by atoms with E-state index in [1.807, 2.05) is 55.5 Å². The molecule has 0 radical (unpaired) electrons. The lowest BCUT2D eigenvalue weighted by molar-refractivity contribution is -0.0960. The van der Waals surface area contributed by atoms with Crippen LogP contribution in [0.25, 0.3) is 0 Å². The van der Waals surface area contributed by atoms with Crippen LogP contribution in [-0.2, 0) is 0 Å². The zero-order chi connectivity index (χ0) is 17.5. The van der Waals surface area contributed by atoms with E-state index in [0.29, 0.717) is 0 Å². The third-order valence-corrected chi connectivity index (χ3v) is 6.17. The van der Waals surface area contributed by atoms with E-state index in [-0.39, 0.29) is 23.9 Å². The van der Waals surface area contributed by atoms with Gasteiger partial charge in [0.25, 0.3) is 0 Å². The van der Waals surface area contributed by atoms with E-state index in [1.54, 1.807) is 0 Å². The van der Waals surface area contributed by atoms with Gasteiger partial charge in [-0.05, 0) is 42.3 Å². The quantitative estimate of drug-likeness (QED) is 0.748. The predicted molar refractivity (Wildman–Crippen MR) is 100 cm³/mol. The largest absolute Gasteiger partial charge is 0.389 e. The van der Waals surface area contributed by atoms with Crippen molar-refractivity contribution in [1.29, 1.82) is 0 Å². The number of benzene rings is 2. The average Bonchev–Trinajstić information content (AvgIpc) is 2.56. The molecule has 2 aromatic carbocycles. The van der Waals surface area contributed by atoms with Crippen molar-refractivity contribution in [3.63, 3.8) is 0 Å². The number of halogens is 2. The Labute approximate surface area is 153 Å². The van der Waals surface area contributed by atoms with Crippen LogP contribution in [0.15, 0.2) is 48.5 Å². The molecule has 2 aromatic rings. The van der Waals surface area contributed by atoms with E-state index in [9.17, 15) is 5.11 Å². The predicted octanol–water partition coefficient (Wildman–Crippen LogP) is 5.40. The Morgan fingerprint density at radius 2 is 1.12 bits per heavy atom. The number of aliphatic hydroxyl groups is 1. The van der Waals surface area contributed by atoms with Crippen molar-refractivity contribution in [2.45, 2.75) is 38.5 Å². The van der Waals surface area contributed by atoms with Crippen molar-refractivity contribution in [2.24, 2.45) is 11.8 Å². The Morgan fingerprint density at radius 1 is 0.792 bits per heavy atom. The molecular formula is C20H23Cl2NO. The van der Waals surface area contributed by atoms with Crippen LogP contribution in [0.1, 0.15) is 44.0 Å². The first-order valence-corrected chi connectivity index (χ1v) is 9.05. The van der Waals surface area contributed by atoms with Crippen LogP contribution in [0.3, 0.4) is 0 Å². The molecule has 0 aromatic heterocycles. The second-order valence-electron chi connectivity index (χ2n) is 7.03. The molecule has 2 N–H and O–H groups in total. The SMILES string of the molecule is C[C@@H]1[C@H](c2ccc(Cl)cc2)N[C@H](c2ccc(Cl)cc2)[C@H](C)C1(C)O. The zero-order valence-electron chi connectivity index (χ0n) is 14.1. The van der Waals surface area contributed by atoms with E-state index in [4.69, 9.17) is 23.2 Å². The van der Waals surface area contributed by atoms with Crippen LogP contribution in [0, 0.1) is 11.8 Å². The lowest BCUT2D eigenvalue weighted by atomic mass is 9.67. The fourth-order valence-corrected chi connectivity index (χ4v) is 3.93. The van der Waals surface area contributed by atoms with E-state index in [1.165, 1.54) is 0 Å². The fourth-order valence-electron chi connectivity index (χ4n) is 3.68. The highest BCUT2D eigenvalue weighted by molar-refractivity contribution is 6.30. The van der Waals surface area contributed by atoms with E-state index in [0.717, 1.165) is 21.2 Å². The minimum atomic E-state index is -0.792. The van der Waals surface area contributed by atoms with Gasteiger partial charge in [-0.2, -0.15) is 0 Å². The first kappa shape index (κ1) is 17.8. The lowest BCUT2D eigenvalue weighted by Gasteiger charge is -2.50. The molecule has 5 atom stereocenters. The van der Waals surface area contributed by atoms with Crippen molar-refractivity contribution in [3.8, 4) is 0 Å². The van der Waals surface area contributed by atoms with Crippen LogP contribution in [0.5, 0.6) is 0 Å². The monoisotopic (exact) mass is 363 g/mol. The lowest BCUT2D eigenvalue weighted by Crippen LogP contribution is -2.56. The standard InChI is InChI=1S/C20H23Cl2NO/c1-12-18(14-4-8-16(21)9-5-14)23-19(13(2)20(12,3)24)15-6-10-17(22)11-7-15/h4-13,18-19,23-24H,1-3H3/t12-,13+,18-,19+,20?. The number of rotatable bonds is 2. The fraction of sp³-hybridized carbons (Fsp3) is 0.400. The van der Waals surface area contributed by atoms with Gasteiger partial charge < -0.3 is 10.4 Å². The highest BCUT2D eigenvalue weighted by atomic mass is 35.5. The summed E-state index contributed by atoms with van der Waals surface area (Å²) in [5.74, 6) is 0.134. The summed E-state index contributed by atoms with van der Waals surface area (Å²) in [6, 6.07) is 15.8. The number of nitrogens with one attached hydrogen (secondary N) is 1. The van der Waals surface area contributed by atoms with Crippen molar-refractivity contribution in [2.75, 3.05) is 0 Å². The van der Waals surface area contributed by atoms with Crippen molar-refractivity contribution in [1.82, 2.24) is 5.32 Å². The second-order valence-corrected chi connectivity index (χ2v) is 7.90. The summed E-state index contributed by atoms with van der Waals surface area (Å²) >= 11 is 12.0. The van der Waals surface area contributed by atoms with Gasteiger partial charge in [0.05, 0.1) is 5.60 Å². The molecule has 1 saturated heterocycles. The van der Waals surface area contributed by atoms with Crippen LogP contribution >= 0.6 is 23.2 Å². The molecule has 1 aliphatic heterocycles. The smallest absolute Gasteiger partial charge is 0.0706 e. The maximum atomic E-state index is 11.2. The Morgan fingerprint density at radius 3 is 1.46 bits per heavy atom. The summed E-state index contributed by atoms with van der Waals surface area (Å²) in [6.07, 6.45) is 0. The minimum absolute atomic E-state index is 0.0501. The Hall–Kier alpha value is -1.06. The van der Waals surface area contributed by atoms with Crippen molar-refractivity contribution >= 4 is 23.2 Å². The third-order valence-electron chi connectivity index (χ3n) is 5.66. The van der Waals surface area contributed by atoms with Crippen LogP contribution in [0.4, 0.5) is 0 Å². The van der Waals surface area contributed by atoms with Gasteiger partial charge in [-0.15, -0.1) is 0 Å². The Kier molecular flexibility index (Phi) is 4.94. The molecule has 3 rings (SSSR count). The zero-order valence-corrected chi connectivity index (χ0v) is 15.6. The Bertz CT molecular complexity index is 637. The molecular weight excluding hydrogens is 341 g/mol. The highest BCUT2D eigenvalue weighted by Crippen LogP contribution is 2.46. The molecule has 4 heteroatoms. The van der Waals surface area contributed by atoms with Gasteiger partial charge in [-0.1, -0.05) is 61.3 Å². The van der Waals surface area contributed by atoms with Crippen molar-refractivity contribution in [3.05, 3.63) is 69.7 Å². The first-order chi connectivity index (χ1) is 11.3. The van der Waals surface area contributed by atoms with Crippen LogP contribution in [-0.4, -0.2) is 10.7 Å². The van der Waals surface area contributed by atoms with Gasteiger partial charge in [-0.3, -0.25) is 0 Å².